The zero-order chi connectivity index (χ0) is 17.2. The first-order valence-electron chi connectivity index (χ1n) is 9.04. The van der Waals surface area contributed by atoms with Crippen molar-refractivity contribution in [2.75, 3.05) is 6.54 Å². The van der Waals surface area contributed by atoms with Crippen LogP contribution in [0.15, 0.2) is 54.6 Å². The van der Waals surface area contributed by atoms with E-state index in [2.05, 4.69) is 30.3 Å². The molecule has 2 aliphatic heterocycles. The van der Waals surface area contributed by atoms with Gasteiger partial charge in [0, 0.05) is 13.1 Å². The topological polar surface area (TPSA) is 55.6 Å². The van der Waals surface area contributed by atoms with Crippen molar-refractivity contribution in [3.63, 3.8) is 0 Å². The van der Waals surface area contributed by atoms with Gasteiger partial charge in [0.1, 0.15) is 6.10 Å². The third-order valence-electron chi connectivity index (χ3n) is 5.36. The molecule has 0 aliphatic carbocycles. The summed E-state index contributed by atoms with van der Waals surface area (Å²) < 4.78 is 5.88. The first-order chi connectivity index (χ1) is 12.3. The Morgan fingerprint density at radius 1 is 1.04 bits per heavy atom. The first-order valence-corrected chi connectivity index (χ1v) is 9.04. The molecule has 0 aromatic heterocycles. The number of benzene rings is 2. The predicted octanol–water partition coefficient (Wildman–Crippen LogP) is 3.24. The monoisotopic (exact) mass is 372 g/mol. The quantitative estimate of drug-likeness (QED) is 0.899. The summed E-state index contributed by atoms with van der Waals surface area (Å²) in [6, 6.07) is 18.8. The van der Waals surface area contributed by atoms with Gasteiger partial charge in [-0.25, -0.2) is 0 Å². The van der Waals surface area contributed by atoms with Crippen molar-refractivity contribution in [1.29, 1.82) is 0 Å². The molecule has 0 bridgehead atoms. The van der Waals surface area contributed by atoms with Crippen LogP contribution in [0.25, 0.3) is 0 Å². The molecule has 2 N–H and O–H groups in total. The van der Waals surface area contributed by atoms with Gasteiger partial charge in [0.2, 0.25) is 0 Å². The third-order valence-corrected chi connectivity index (χ3v) is 5.36. The van der Waals surface area contributed by atoms with E-state index in [1.165, 1.54) is 16.7 Å². The Labute approximate surface area is 160 Å². The molecule has 2 aliphatic rings. The highest BCUT2D eigenvalue weighted by molar-refractivity contribution is 5.85. The van der Waals surface area contributed by atoms with Crippen molar-refractivity contribution >= 4 is 18.3 Å². The summed E-state index contributed by atoms with van der Waals surface area (Å²) in [4.78, 5) is 15.2. The Bertz CT molecular complexity index is 753. The fourth-order valence-corrected chi connectivity index (χ4v) is 3.97. The van der Waals surface area contributed by atoms with Crippen molar-refractivity contribution in [2.24, 2.45) is 5.73 Å². The highest BCUT2D eigenvalue weighted by atomic mass is 35.5. The predicted molar refractivity (Wildman–Crippen MR) is 104 cm³/mol. The number of carbonyl (C=O) groups is 1. The van der Waals surface area contributed by atoms with Gasteiger partial charge in [-0.2, -0.15) is 0 Å². The van der Waals surface area contributed by atoms with Crippen LogP contribution < -0.4 is 5.73 Å². The fraction of sp³-hybridized carbons (Fsp3) is 0.381. The number of halogens is 1. The summed E-state index contributed by atoms with van der Waals surface area (Å²) in [6.45, 7) is 1.12. The standard InChI is InChI=1S/C21H24N2O2.ClH/c22-13-18-10-11-20(25-18)21(24)23-14-17-9-5-4-8-16(17)12-19(23)15-6-2-1-3-7-15;/h1-9,18-20H,10-14,22H2;1H/t18-,19?,20+;/m1./s1. The number of ether oxygens (including phenoxy) is 1. The van der Waals surface area contributed by atoms with Gasteiger partial charge in [-0.15, -0.1) is 12.4 Å². The second kappa shape index (κ2) is 8.21. The lowest BCUT2D eigenvalue weighted by Gasteiger charge is -2.38. The van der Waals surface area contributed by atoms with Crippen molar-refractivity contribution in [3.8, 4) is 0 Å². The number of fused-ring (bicyclic) bond motifs is 1. The van der Waals surface area contributed by atoms with E-state index in [1.54, 1.807) is 0 Å². The van der Waals surface area contributed by atoms with Gasteiger partial charge in [-0.05, 0) is 36.0 Å². The minimum absolute atomic E-state index is 0. The maximum Gasteiger partial charge on any atom is 0.252 e. The molecule has 26 heavy (non-hydrogen) atoms. The fourth-order valence-electron chi connectivity index (χ4n) is 3.97. The Balaban J connectivity index is 0.00000196. The molecule has 3 atom stereocenters. The van der Waals surface area contributed by atoms with Gasteiger partial charge >= 0.3 is 0 Å². The molecule has 1 unspecified atom stereocenters. The van der Waals surface area contributed by atoms with Gasteiger partial charge in [0.05, 0.1) is 12.1 Å². The lowest BCUT2D eigenvalue weighted by molar-refractivity contribution is -0.146. The second-order valence-corrected chi connectivity index (χ2v) is 6.93. The highest BCUT2D eigenvalue weighted by Gasteiger charge is 2.38. The smallest absolute Gasteiger partial charge is 0.252 e. The molecule has 1 saturated heterocycles. The molecule has 1 amide bonds. The Kier molecular flexibility index (Phi) is 5.97. The summed E-state index contributed by atoms with van der Waals surface area (Å²) in [5.74, 6) is 0.0966. The highest BCUT2D eigenvalue weighted by Crippen LogP contribution is 2.35. The van der Waals surface area contributed by atoms with Crippen molar-refractivity contribution < 1.29 is 9.53 Å². The average molecular weight is 373 g/mol. The minimum Gasteiger partial charge on any atom is -0.364 e. The minimum atomic E-state index is -0.356. The molecular formula is C21H25ClN2O2. The van der Waals surface area contributed by atoms with Crippen LogP contribution in [-0.4, -0.2) is 29.6 Å². The Morgan fingerprint density at radius 2 is 1.73 bits per heavy atom. The van der Waals surface area contributed by atoms with Crippen molar-refractivity contribution in [2.45, 2.75) is 44.1 Å². The van der Waals surface area contributed by atoms with Gasteiger partial charge in [0.25, 0.3) is 5.91 Å². The van der Waals surface area contributed by atoms with Crippen LogP contribution in [0.2, 0.25) is 0 Å². The number of carbonyl (C=O) groups excluding carboxylic acids is 1. The van der Waals surface area contributed by atoms with E-state index in [4.69, 9.17) is 10.5 Å². The largest absolute Gasteiger partial charge is 0.364 e. The van der Waals surface area contributed by atoms with E-state index >= 15 is 0 Å². The SMILES string of the molecule is Cl.NC[C@H]1CC[C@@H](C(=O)N2Cc3ccccc3CC2c2ccccc2)O1. The maximum absolute atomic E-state index is 13.2. The summed E-state index contributed by atoms with van der Waals surface area (Å²) in [5, 5.41) is 0. The van der Waals surface area contributed by atoms with Crippen LogP contribution in [0.1, 0.15) is 35.6 Å². The molecule has 0 radical (unpaired) electrons. The Hall–Kier alpha value is -1.88. The van der Waals surface area contributed by atoms with E-state index in [9.17, 15) is 4.79 Å². The normalized spacial score (nSPS) is 24.7. The summed E-state index contributed by atoms with van der Waals surface area (Å²) >= 11 is 0. The maximum atomic E-state index is 13.2. The molecule has 4 rings (SSSR count). The number of nitrogens with two attached hydrogens (primary N) is 1. The number of amides is 1. The van der Waals surface area contributed by atoms with E-state index in [1.807, 2.05) is 29.2 Å². The van der Waals surface area contributed by atoms with Crippen LogP contribution in [0.3, 0.4) is 0 Å². The average Bonchev–Trinajstić information content (AvgIpc) is 3.16. The molecule has 5 heteroatoms. The molecule has 138 valence electrons. The van der Waals surface area contributed by atoms with Gasteiger partial charge in [-0.1, -0.05) is 54.6 Å². The summed E-state index contributed by atoms with van der Waals surface area (Å²) in [5.41, 5.74) is 9.44. The van der Waals surface area contributed by atoms with E-state index in [0.29, 0.717) is 13.1 Å². The number of rotatable bonds is 3. The first kappa shape index (κ1) is 18.9. The number of nitrogens with zero attached hydrogens (tertiary/aromatic N) is 1. The van der Waals surface area contributed by atoms with Gasteiger partial charge in [0.15, 0.2) is 0 Å². The summed E-state index contributed by atoms with van der Waals surface area (Å²) in [6.07, 6.45) is 2.14. The van der Waals surface area contributed by atoms with E-state index < -0.39 is 0 Å². The second-order valence-electron chi connectivity index (χ2n) is 6.93. The third kappa shape index (κ3) is 3.63. The van der Waals surface area contributed by atoms with Crippen LogP contribution in [0, 0.1) is 0 Å². The Morgan fingerprint density at radius 3 is 2.42 bits per heavy atom. The zero-order valence-corrected chi connectivity index (χ0v) is 15.5. The molecule has 0 spiro atoms. The van der Waals surface area contributed by atoms with Crippen molar-refractivity contribution in [1.82, 2.24) is 4.90 Å². The lowest BCUT2D eigenvalue weighted by Crippen LogP contribution is -2.44. The van der Waals surface area contributed by atoms with E-state index in [-0.39, 0.29) is 36.6 Å². The van der Waals surface area contributed by atoms with Crippen LogP contribution in [0.4, 0.5) is 0 Å². The van der Waals surface area contributed by atoms with Crippen LogP contribution in [0.5, 0.6) is 0 Å². The van der Waals surface area contributed by atoms with Gasteiger partial charge in [-0.3, -0.25) is 4.79 Å². The van der Waals surface area contributed by atoms with E-state index in [0.717, 1.165) is 19.3 Å². The molecule has 4 nitrogen and oxygen atoms in total. The van der Waals surface area contributed by atoms with Gasteiger partial charge < -0.3 is 15.4 Å². The molecule has 1 fully saturated rings. The van der Waals surface area contributed by atoms with Crippen molar-refractivity contribution in [3.05, 3.63) is 71.3 Å². The molecule has 2 heterocycles. The molecular weight excluding hydrogens is 348 g/mol. The van der Waals surface area contributed by atoms with Crippen LogP contribution >= 0.6 is 12.4 Å². The zero-order valence-electron chi connectivity index (χ0n) is 14.7. The lowest BCUT2D eigenvalue weighted by atomic mass is 9.89. The number of hydrogen-bond acceptors (Lipinski definition) is 3. The molecule has 2 aromatic carbocycles. The summed E-state index contributed by atoms with van der Waals surface area (Å²) in [7, 11) is 0. The molecule has 0 saturated carbocycles. The van der Waals surface area contributed by atoms with Crippen LogP contribution in [-0.2, 0) is 22.5 Å². The number of hydrogen-bond donors (Lipinski definition) is 1. The molecule has 2 aromatic rings.